The van der Waals surface area contributed by atoms with Gasteiger partial charge < -0.3 is 10.0 Å². The van der Waals surface area contributed by atoms with Gasteiger partial charge in [0, 0.05) is 19.0 Å². The molecule has 1 fully saturated rings. The van der Waals surface area contributed by atoms with E-state index in [0.717, 1.165) is 6.54 Å². The fraction of sp³-hybridized carbons (Fsp3) is 0.900. The SMILES string of the molecule is CCC(O)CN1CC(C)C(C)C1=O. The van der Waals surface area contributed by atoms with Gasteiger partial charge in [0.2, 0.25) is 5.91 Å². The summed E-state index contributed by atoms with van der Waals surface area (Å²) in [5, 5.41) is 9.41. The van der Waals surface area contributed by atoms with Gasteiger partial charge in [0.25, 0.3) is 0 Å². The molecular formula is C10H19NO2. The Bertz CT molecular complexity index is 193. The number of amides is 1. The second-order valence-electron chi connectivity index (χ2n) is 4.07. The third kappa shape index (κ3) is 2.21. The quantitative estimate of drug-likeness (QED) is 0.709. The van der Waals surface area contributed by atoms with Gasteiger partial charge in [-0.15, -0.1) is 0 Å². The molecule has 1 rings (SSSR count). The number of likely N-dealkylation sites (tertiary alicyclic amines) is 1. The lowest BCUT2D eigenvalue weighted by atomic mass is 10.0. The van der Waals surface area contributed by atoms with Gasteiger partial charge in [0.1, 0.15) is 0 Å². The van der Waals surface area contributed by atoms with Gasteiger partial charge in [0.05, 0.1) is 6.10 Å². The van der Waals surface area contributed by atoms with Crippen LogP contribution in [-0.2, 0) is 4.79 Å². The van der Waals surface area contributed by atoms with Crippen molar-refractivity contribution in [2.24, 2.45) is 11.8 Å². The van der Waals surface area contributed by atoms with Crippen LogP contribution in [0.1, 0.15) is 27.2 Å². The zero-order valence-corrected chi connectivity index (χ0v) is 8.66. The average molecular weight is 185 g/mol. The summed E-state index contributed by atoms with van der Waals surface area (Å²) in [6, 6.07) is 0. The van der Waals surface area contributed by atoms with Crippen LogP contribution in [0.2, 0.25) is 0 Å². The molecule has 1 amide bonds. The molecule has 0 aromatic heterocycles. The molecule has 13 heavy (non-hydrogen) atoms. The van der Waals surface area contributed by atoms with E-state index in [1.54, 1.807) is 4.90 Å². The van der Waals surface area contributed by atoms with Crippen molar-refractivity contribution < 1.29 is 9.90 Å². The van der Waals surface area contributed by atoms with E-state index in [1.807, 2.05) is 13.8 Å². The highest BCUT2D eigenvalue weighted by molar-refractivity contribution is 5.80. The summed E-state index contributed by atoms with van der Waals surface area (Å²) in [7, 11) is 0. The van der Waals surface area contributed by atoms with Crippen molar-refractivity contribution in [1.82, 2.24) is 4.90 Å². The number of carbonyl (C=O) groups is 1. The molecule has 3 unspecified atom stereocenters. The molecule has 3 atom stereocenters. The Morgan fingerprint density at radius 2 is 2.23 bits per heavy atom. The molecule has 1 N–H and O–H groups in total. The maximum Gasteiger partial charge on any atom is 0.225 e. The van der Waals surface area contributed by atoms with Gasteiger partial charge in [-0.25, -0.2) is 0 Å². The Hall–Kier alpha value is -0.570. The summed E-state index contributed by atoms with van der Waals surface area (Å²) >= 11 is 0. The fourth-order valence-electron chi connectivity index (χ4n) is 1.68. The molecule has 0 bridgehead atoms. The Morgan fingerprint density at radius 1 is 1.62 bits per heavy atom. The van der Waals surface area contributed by atoms with Crippen LogP contribution in [0.25, 0.3) is 0 Å². The third-order valence-electron chi connectivity index (χ3n) is 2.97. The molecule has 1 saturated heterocycles. The first-order valence-corrected chi connectivity index (χ1v) is 5.03. The fourth-order valence-corrected chi connectivity index (χ4v) is 1.68. The second kappa shape index (κ2) is 4.09. The standard InChI is InChI=1S/C10H19NO2/c1-4-9(12)6-11-5-7(2)8(3)10(11)13/h7-9,12H,4-6H2,1-3H3. The summed E-state index contributed by atoms with van der Waals surface area (Å²) in [6.45, 7) is 7.28. The minimum Gasteiger partial charge on any atom is -0.391 e. The summed E-state index contributed by atoms with van der Waals surface area (Å²) < 4.78 is 0. The van der Waals surface area contributed by atoms with Crippen molar-refractivity contribution in [2.45, 2.75) is 33.3 Å². The monoisotopic (exact) mass is 185 g/mol. The molecule has 3 nitrogen and oxygen atoms in total. The molecule has 3 heteroatoms. The topological polar surface area (TPSA) is 40.5 Å². The first-order chi connectivity index (χ1) is 6.06. The van der Waals surface area contributed by atoms with Gasteiger partial charge in [-0.2, -0.15) is 0 Å². The molecule has 1 aliphatic rings. The van der Waals surface area contributed by atoms with Gasteiger partial charge in [-0.05, 0) is 12.3 Å². The van der Waals surface area contributed by atoms with Crippen LogP contribution < -0.4 is 0 Å². The number of β-amino-alcohol motifs (C(OH)–C–C–N with tert-alkyl or cyclic N) is 1. The largest absolute Gasteiger partial charge is 0.391 e. The molecule has 76 valence electrons. The number of rotatable bonds is 3. The van der Waals surface area contributed by atoms with Gasteiger partial charge in [0.15, 0.2) is 0 Å². The summed E-state index contributed by atoms with van der Waals surface area (Å²) in [5.74, 6) is 0.751. The number of hydrogen-bond acceptors (Lipinski definition) is 2. The zero-order valence-electron chi connectivity index (χ0n) is 8.66. The van der Waals surface area contributed by atoms with E-state index in [1.165, 1.54) is 0 Å². The lowest BCUT2D eigenvalue weighted by molar-refractivity contribution is -0.131. The molecule has 0 saturated carbocycles. The number of aliphatic hydroxyl groups excluding tert-OH is 1. The Balaban J connectivity index is 2.49. The Morgan fingerprint density at radius 3 is 2.62 bits per heavy atom. The highest BCUT2D eigenvalue weighted by Crippen LogP contribution is 2.23. The van der Waals surface area contributed by atoms with E-state index in [4.69, 9.17) is 0 Å². The lowest BCUT2D eigenvalue weighted by Crippen LogP contribution is -2.34. The second-order valence-corrected chi connectivity index (χ2v) is 4.07. The molecule has 0 aromatic carbocycles. The first kappa shape index (κ1) is 10.5. The summed E-state index contributed by atoms with van der Waals surface area (Å²) in [4.78, 5) is 13.4. The normalized spacial score (nSPS) is 31.1. The minimum atomic E-state index is -0.360. The maximum atomic E-state index is 11.6. The maximum absolute atomic E-state index is 11.6. The van der Waals surface area contributed by atoms with E-state index in [2.05, 4.69) is 6.92 Å². The smallest absolute Gasteiger partial charge is 0.225 e. The van der Waals surface area contributed by atoms with Crippen molar-refractivity contribution in [3.8, 4) is 0 Å². The van der Waals surface area contributed by atoms with Gasteiger partial charge in [-0.3, -0.25) is 4.79 Å². The van der Waals surface area contributed by atoms with Crippen molar-refractivity contribution in [2.75, 3.05) is 13.1 Å². The van der Waals surface area contributed by atoms with Crippen LogP contribution in [0, 0.1) is 11.8 Å². The number of hydrogen-bond donors (Lipinski definition) is 1. The molecular weight excluding hydrogens is 166 g/mol. The molecule has 0 spiro atoms. The van der Waals surface area contributed by atoms with Gasteiger partial charge in [-0.1, -0.05) is 20.8 Å². The molecule has 1 aliphatic heterocycles. The Kier molecular flexibility index (Phi) is 3.31. The Labute approximate surface area is 79.7 Å². The van der Waals surface area contributed by atoms with Crippen LogP contribution in [0.5, 0.6) is 0 Å². The summed E-state index contributed by atoms with van der Waals surface area (Å²) in [6.07, 6.45) is 0.355. The van der Waals surface area contributed by atoms with Crippen LogP contribution in [-0.4, -0.2) is 35.1 Å². The van der Waals surface area contributed by atoms with Crippen molar-refractivity contribution in [3.63, 3.8) is 0 Å². The van der Waals surface area contributed by atoms with E-state index in [9.17, 15) is 9.90 Å². The zero-order chi connectivity index (χ0) is 10.0. The first-order valence-electron chi connectivity index (χ1n) is 5.03. The molecule has 1 heterocycles. The van der Waals surface area contributed by atoms with Crippen LogP contribution in [0.3, 0.4) is 0 Å². The van der Waals surface area contributed by atoms with E-state index >= 15 is 0 Å². The minimum absolute atomic E-state index is 0.129. The van der Waals surface area contributed by atoms with Crippen LogP contribution in [0.4, 0.5) is 0 Å². The van der Waals surface area contributed by atoms with Gasteiger partial charge >= 0.3 is 0 Å². The molecule has 0 aromatic rings. The van der Waals surface area contributed by atoms with E-state index in [0.29, 0.717) is 18.9 Å². The highest BCUT2D eigenvalue weighted by atomic mass is 16.3. The number of aliphatic hydroxyl groups is 1. The predicted octanol–water partition coefficient (Wildman–Crippen LogP) is 0.872. The average Bonchev–Trinajstić information content (AvgIpc) is 2.34. The molecule has 0 radical (unpaired) electrons. The molecule has 0 aliphatic carbocycles. The summed E-state index contributed by atoms with van der Waals surface area (Å²) in [5.41, 5.74) is 0. The van der Waals surface area contributed by atoms with Crippen molar-refractivity contribution >= 4 is 5.91 Å². The number of nitrogens with zero attached hydrogens (tertiary/aromatic N) is 1. The van der Waals surface area contributed by atoms with Crippen LogP contribution >= 0.6 is 0 Å². The predicted molar refractivity (Wildman–Crippen MR) is 51.2 cm³/mol. The highest BCUT2D eigenvalue weighted by Gasteiger charge is 2.34. The van der Waals surface area contributed by atoms with E-state index in [-0.39, 0.29) is 17.9 Å². The van der Waals surface area contributed by atoms with Crippen LogP contribution in [0.15, 0.2) is 0 Å². The third-order valence-corrected chi connectivity index (χ3v) is 2.97. The van der Waals surface area contributed by atoms with Crippen molar-refractivity contribution in [1.29, 1.82) is 0 Å². The lowest BCUT2D eigenvalue weighted by Gasteiger charge is -2.19. The van der Waals surface area contributed by atoms with E-state index < -0.39 is 0 Å². The van der Waals surface area contributed by atoms with Crippen molar-refractivity contribution in [3.05, 3.63) is 0 Å². The number of carbonyl (C=O) groups excluding carboxylic acids is 1.